The van der Waals surface area contributed by atoms with E-state index in [9.17, 15) is 4.79 Å². The molecule has 2 aliphatic rings. The van der Waals surface area contributed by atoms with Crippen LogP contribution in [-0.2, 0) is 11.3 Å². The number of ether oxygens (including phenoxy) is 1. The molecule has 0 aromatic heterocycles. The standard InChI is InChI=1S/C17H24N2O2/c20-17(21-13-15-4-2-1-3-5-15)18-16-8-10-19(11-9-16)12-14-6-7-14/h1-5,14,16H,6-13H2,(H,18,20). The molecule has 0 unspecified atom stereocenters. The number of carbonyl (C=O) groups is 1. The van der Waals surface area contributed by atoms with Gasteiger partial charge in [-0.1, -0.05) is 30.3 Å². The van der Waals surface area contributed by atoms with Crippen LogP contribution in [0.2, 0.25) is 0 Å². The van der Waals surface area contributed by atoms with E-state index in [-0.39, 0.29) is 12.1 Å². The van der Waals surface area contributed by atoms with Gasteiger partial charge >= 0.3 is 6.09 Å². The number of likely N-dealkylation sites (tertiary alicyclic amines) is 1. The molecule has 4 heteroatoms. The van der Waals surface area contributed by atoms with E-state index in [1.165, 1.54) is 19.4 Å². The van der Waals surface area contributed by atoms with E-state index >= 15 is 0 Å². The maximum Gasteiger partial charge on any atom is 0.407 e. The van der Waals surface area contributed by atoms with E-state index in [4.69, 9.17) is 4.74 Å². The third-order valence-electron chi connectivity index (χ3n) is 4.34. The summed E-state index contributed by atoms with van der Waals surface area (Å²) in [6, 6.07) is 10.0. The molecule has 0 atom stereocenters. The van der Waals surface area contributed by atoms with Gasteiger partial charge in [0, 0.05) is 25.7 Å². The number of piperidine rings is 1. The minimum absolute atomic E-state index is 0.267. The number of nitrogens with zero attached hydrogens (tertiary/aromatic N) is 1. The van der Waals surface area contributed by atoms with Crippen molar-refractivity contribution in [1.29, 1.82) is 0 Å². The van der Waals surface area contributed by atoms with Gasteiger partial charge in [-0.05, 0) is 37.2 Å². The average molecular weight is 288 g/mol. The Morgan fingerprint density at radius 3 is 2.52 bits per heavy atom. The van der Waals surface area contributed by atoms with Crippen LogP contribution in [0.1, 0.15) is 31.2 Å². The van der Waals surface area contributed by atoms with Crippen molar-refractivity contribution in [3.8, 4) is 0 Å². The van der Waals surface area contributed by atoms with E-state index in [1.807, 2.05) is 30.3 Å². The third-order valence-corrected chi connectivity index (χ3v) is 4.34. The summed E-state index contributed by atoms with van der Waals surface area (Å²) in [6.07, 6.45) is 4.59. The molecule has 1 aliphatic heterocycles. The zero-order valence-electron chi connectivity index (χ0n) is 12.5. The predicted octanol–water partition coefficient (Wildman–Crippen LogP) is 2.79. The smallest absolute Gasteiger partial charge is 0.407 e. The molecule has 1 N–H and O–H groups in total. The van der Waals surface area contributed by atoms with E-state index in [2.05, 4.69) is 10.2 Å². The third kappa shape index (κ3) is 4.74. The molecule has 21 heavy (non-hydrogen) atoms. The molecular weight excluding hydrogens is 264 g/mol. The van der Waals surface area contributed by atoms with Gasteiger partial charge < -0.3 is 15.0 Å². The highest BCUT2D eigenvalue weighted by Crippen LogP contribution is 2.30. The highest BCUT2D eigenvalue weighted by atomic mass is 16.5. The molecule has 0 radical (unpaired) electrons. The van der Waals surface area contributed by atoms with Crippen molar-refractivity contribution in [2.45, 2.75) is 38.3 Å². The van der Waals surface area contributed by atoms with Gasteiger partial charge in [0.15, 0.2) is 0 Å². The normalized spacial score (nSPS) is 20.2. The Bertz CT molecular complexity index is 451. The second kappa shape index (κ2) is 6.94. The number of benzene rings is 1. The Labute approximate surface area is 126 Å². The second-order valence-corrected chi connectivity index (χ2v) is 6.22. The molecular formula is C17H24N2O2. The lowest BCUT2D eigenvalue weighted by Crippen LogP contribution is -2.45. The number of amides is 1. The van der Waals surface area contributed by atoms with Crippen molar-refractivity contribution in [2.75, 3.05) is 19.6 Å². The van der Waals surface area contributed by atoms with Crippen molar-refractivity contribution in [3.63, 3.8) is 0 Å². The Kier molecular flexibility index (Phi) is 4.76. The zero-order chi connectivity index (χ0) is 14.5. The van der Waals surface area contributed by atoms with Gasteiger partial charge in [0.1, 0.15) is 6.61 Å². The first-order valence-electron chi connectivity index (χ1n) is 7.99. The molecule has 0 bridgehead atoms. The quantitative estimate of drug-likeness (QED) is 0.906. The Morgan fingerprint density at radius 2 is 1.86 bits per heavy atom. The van der Waals surface area contributed by atoms with Crippen LogP contribution < -0.4 is 5.32 Å². The Balaban J connectivity index is 1.33. The molecule has 2 fully saturated rings. The van der Waals surface area contributed by atoms with Gasteiger partial charge in [-0.15, -0.1) is 0 Å². The van der Waals surface area contributed by atoms with Crippen LogP contribution in [-0.4, -0.2) is 36.7 Å². The first kappa shape index (κ1) is 14.4. The molecule has 1 heterocycles. The molecule has 1 saturated carbocycles. The largest absolute Gasteiger partial charge is 0.445 e. The molecule has 1 aromatic rings. The molecule has 1 saturated heterocycles. The highest BCUT2D eigenvalue weighted by molar-refractivity contribution is 5.67. The average Bonchev–Trinajstić information content (AvgIpc) is 3.32. The molecule has 1 aromatic carbocycles. The summed E-state index contributed by atoms with van der Waals surface area (Å²) in [5.74, 6) is 0.949. The van der Waals surface area contributed by atoms with Crippen LogP contribution in [0.5, 0.6) is 0 Å². The lowest BCUT2D eigenvalue weighted by Gasteiger charge is -2.32. The lowest BCUT2D eigenvalue weighted by molar-refractivity contribution is 0.126. The number of carbonyl (C=O) groups excluding carboxylic acids is 1. The van der Waals surface area contributed by atoms with Crippen molar-refractivity contribution < 1.29 is 9.53 Å². The maximum atomic E-state index is 11.8. The van der Waals surface area contributed by atoms with Gasteiger partial charge in [-0.25, -0.2) is 4.79 Å². The summed E-state index contributed by atoms with van der Waals surface area (Å²) in [5, 5.41) is 2.99. The maximum absolute atomic E-state index is 11.8. The lowest BCUT2D eigenvalue weighted by atomic mass is 10.1. The summed E-state index contributed by atoms with van der Waals surface area (Å²) in [4.78, 5) is 14.3. The molecule has 1 aliphatic carbocycles. The van der Waals surface area contributed by atoms with Gasteiger partial charge in [0.05, 0.1) is 0 Å². The van der Waals surface area contributed by atoms with Crippen LogP contribution in [0.25, 0.3) is 0 Å². The van der Waals surface area contributed by atoms with Crippen molar-refractivity contribution in [1.82, 2.24) is 10.2 Å². The first-order chi connectivity index (χ1) is 10.3. The summed E-state index contributed by atoms with van der Waals surface area (Å²) in [6.45, 7) is 3.79. The summed E-state index contributed by atoms with van der Waals surface area (Å²) >= 11 is 0. The molecule has 4 nitrogen and oxygen atoms in total. The fraction of sp³-hybridized carbons (Fsp3) is 0.588. The summed E-state index contributed by atoms with van der Waals surface area (Å²) in [5.41, 5.74) is 1.02. The van der Waals surface area contributed by atoms with Gasteiger partial charge in [0.25, 0.3) is 0 Å². The van der Waals surface area contributed by atoms with Crippen LogP contribution >= 0.6 is 0 Å². The van der Waals surface area contributed by atoms with E-state index in [1.54, 1.807) is 0 Å². The predicted molar refractivity (Wildman–Crippen MR) is 81.9 cm³/mol. The molecule has 0 spiro atoms. The zero-order valence-corrected chi connectivity index (χ0v) is 12.5. The van der Waals surface area contributed by atoms with Crippen molar-refractivity contribution in [3.05, 3.63) is 35.9 Å². The number of alkyl carbamates (subject to hydrolysis) is 1. The molecule has 1 amide bonds. The van der Waals surface area contributed by atoms with Crippen molar-refractivity contribution in [2.24, 2.45) is 5.92 Å². The number of rotatable bonds is 5. The minimum Gasteiger partial charge on any atom is -0.445 e. The van der Waals surface area contributed by atoms with Crippen LogP contribution in [0, 0.1) is 5.92 Å². The Hall–Kier alpha value is -1.55. The van der Waals surface area contributed by atoms with Crippen LogP contribution in [0.15, 0.2) is 30.3 Å². The molecule has 3 rings (SSSR count). The van der Waals surface area contributed by atoms with E-state index in [0.717, 1.165) is 37.4 Å². The second-order valence-electron chi connectivity index (χ2n) is 6.22. The highest BCUT2D eigenvalue weighted by Gasteiger charge is 2.27. The topological polar surface area (TPSA) is 41.6 Å². The van der Waals surface area contributed by atoms with Gasteiger partial charge in [0.2, 0.25) is 0 Å². The SMILES string of the molecule is O=C(NC1CCN(CC2CC2)CC1)OCc1ccccc1. The van der Waals surface area contributed by atoms with E-state index < -0.39 is 0 Å². The minimum atomic E-state index is -0.292. The monoisotopic (exact) mass is 288 g/mol. The number of hydrogen-bond acceptors (Lipinski definition) is 3. The first-order valence-corrected chi connectivity index (χ1v) is 7.99. The van der Waals surface area contributed by atoms with Crippen LogP contribution in [0.4, 0.5) is 4.79 Å². The molecule has 114 valence electrons. The van der Waals surface area contributed by atoms with Gasteiger partial charge in [-0.2, -0.15) is 0 Å². The number of hydrogen-bond donors (Lipinski definition) is 1. The summed E-state index contributed by atoms with van der Waals surface area (Å²) < 4.78 is 5.27. The summed E-state index contributed by atoms with van der Waals surface area (Å²) in [7, 11) is 0. The van der Waals surface area contributed by atoms with Crippen LogP contribution in [0.3, 0.4) is 0 Å². The Morgan fingerprint density at radius 1 is 1.14 bits per heavy atom. The fourth-order valence-electron chi connectivity index (χ4n) is 2.86. The fourth-order valence-corrected chi connectivity index (χ4v) is 2.86. The number of nitrogens with one attached hydrogen (secondary N) is 1. The van der Waals surface area contributed by atoms with E-state index in [0.29, 0.717) is 6.61 Å². The van der Waals surface area contributed by atoms with Gasteiger partial charge in [-0.3, -0.25) is 0 Å². The van der Waals surface area contributed by atoms with Crippen molar-refractivity contribution >= 4 is 6.09 Å².